The van der Waals surface area contributed by atoms with Crippen molar-refractivity contribution in [3.05, 3.63) is 75.9 Å². The van der Waals surface area contributed by atoms with E-state index < -0.39 is 17.6 Å². The molecule has 1 fully saturated rings. The number of piperazine rings is 1. The Hall–Kier alpha value is -3.67. The lowest BCUT2D eigenvalue weighted by atomic mass is 10.1. The van der Waals surface area contributed by atoms with Crippen LogP contribution >= 0.6 is 11.3 Å². The van der Waals surface area contributed by atoms with E-state index in [0.717, 1.165) is 22.1 Å². The van der Waals surface area contributed by atoms with Crippen LogP contribution in [-0.4, -0.2) is 46.5 Å². The summed E-state index contributed by atoms with van der Waals surface area (Å²) in [5.41, 5.74) is 1.38. The molecule has 1 N–H and O–H groups in total. The fourth-order valence-corrected chi connectivity index (χ4v) is 5.31. The van der Waals surface area contributed by atoms with E-state index >= 15 is 0 Å². The highest BCUT2D eigenvalue weighted by atomic mass is 32.1. The van der Waals surface area contributed by atoms with Crippen LogP contribution < -0.4 is 15.1 Å². The van der Waals surface area contributed by atoms with Crippen molar-refractivity contribution in [3.8, 4) is 0 Å². The van der Waals surface area contributed by atoms with Crippen LogP contribution in [0, 0.1) is 19.7 Å². The number of rotatable bonds is 5. The van der Waals surface area contributed by atoms with Crippen molar-refractivity contribution in [1.29, 1.82) is 0 Å². The molecule has 1 aliphatic heterocycles. The second-order valence-electron chi connectivity index (χ2n) is 8.89. The molecule has 0 radical (unpaired) electrons. The van der Waals surface area contributed by atoms with Crippen molar-refractivity contribution >= 4 is 33.7 Å². The highest BCUT2D eigenvalue weighted by Gasteiger charge is 2.31. The Kier molecular flexibility index (Phi) is 6.52. The number of thiazole rings is 1. The Morgan fingerprint density at radius 3 is 2.46 bits per heavy atom. The van der Waals surface area contributed by atoms with Crippen molar-refractivity contribution in [3.63, 3.8) is 0 Å². The lowest BCUT2D eigenvalue weighted by Crippen LogP contribution is -2.47. The number of amides is 1. The lowest BCUT2D eigenvalue weighted by Gasteiger charge is -2.37. The van der Waals surface area contributed by atoms with Gasteiger partial charge in [-0.25, -0.2) is 14.4 Å². The predicted octanol–water partition coefficient (Wildman–Crippen LogP) is 4.82. The van der Waals surface area contributed by atoms with Gasteiger partial charge in [-0.15, -0.1) is 11.3 Å². The highest BCUT2D eigenvalue weighted by molar-refractivity contribution is 7.17. The molecule has 5 rings (SSSR count). The molecule has 0 aliphatic carbocycles. The predicted molar refractivity (Wildman–Crippen MR) is 134 cm³/mol. The number of pyridine rings is 1. The average molecular weight is 533 g/mol. The van der Waals surface area contributed by atoms with Crippen LogP contribution in [0.2, 0.25) is 0 Å². The number of hydrogen-bond acceptors (Lipinski definition) is 6. The maximum absolute atomic E-state index is 15.0. The van der Waals surface area contributed by atoms with Crippen molar-refractivity contribution in [1.82, 2.24) is 19.7 Å². The number of hydrogen-bond donors (Lipinski definition) is 1. The number of imidazole rings is 1. The number of nitrogens with one attached hydrogen (secondary N) is 1. The first kappa shape index (κ1) is 25.0. The minimum Gasteiger partial charge on any atom is -0.366 e. The molecule has 0 atom stereocenters. The smallest absolute Gasteiger partial charge is 0.366 e. The summed E-state index contributed by atoms with van der Waals surface area (Å²) in [4.78, 5) is 26.7. The lowest BCUT2D eigenvalue weighted by molar-refractivity contribution is -0.137. The molecule has 0 saturated carbocycles. The van der Waals surface area contributed by atoms with Gasteiger partial charge >= 0.3 is 6.18 Å². The molecule has 37 heavy (non-hydrogen) atoms. The van der Waals surface area contributed by atoms with Crippen molar-refractivity contribution in [2.75, 3.05) is 36.0 Å². The van der Waals surface area contributed by atoms with Gasteiger partial charge in [0.15, 0.2) is 4.96 Å². The zero-order valence-corrected chi connectivity index (χ0v) is 21.0. The van der Waals surface area contributed by atoms with Crippen molar-refractivity contribution < 1.29 is 22.4 Å². The van der Waals surface area contributed by atoms with E-state index in [9.17, 15) is 22.4 Å². The number of alkyl halides is 3. The first-order valence-electron chi connectivity index (χ1n) is 11.6. The summed E-state index contributed by atoms with van der Waals surface area (Å²) in [7, 11) is 0. The fraction of sp³-hybridized carbons (Fsp3) is 0.320. The van der Waals surface area contributed by atoms with Crippen LogP contribution in [0.15, 0.2) is 42.7 Å². The zero-order chi connectivity index (χ0) is 26.3. The molecule has 1 saturated heterocycles. The number of aromatic nitrogens is 3. The normalized spacial score (nSPS) is 14.4. The number of aryl methyl sites for hydroxylation is 2. The molecule has 0 spiro atoms. The number of fused-ring (bicyclic) bond motifs is 1. The molecule has 1 amide bonds. The van der Waals surface area contributed by atoms with Gasteiger partial charge in [0.2, 0.25) is 0 Å². The number of benzene rings is 1. The maximum atomic E-state index is 15.0. The second-order valence-corrected chi connectivity index (χ2v) is 10.1. The van der Waals surface area contributed by atoms with E-state index in [1.54, 1.807) is 23.5 Å². The van der Waals surface area contributed by atoms with E-state index in [0.29, 0.717) is 54.6 Å². The van der Waals surface area contributed by atoms with Crippen LogP contribution in [0.5, 0.6) is 0 Å². The summed E-state index contributed by atoms with van der Waals surface area (Å²) in [6.45, 7) is 5.88. The quantitative estimate of drug-likeness (QED) is 0.374. The van der Waals surface area contributed by atoms with Crippen LogP contribution in [0.25, 0.3) is 4.96 Å². The van der Waals surface area contributed by atoms with Gasteiger partial charge in [-0.1, -0.05) is 6.07 Å². The van der Waals surface area contributed by atoms with Crippen molar-refractivity contribution in [2.24, 2.45) is 0 Å². The third kappa shape index (κ3) is 5.10. The highest BCUT2D eigenvalue weighted by Crippen LogP contribution is 2.30. The summed E-state index contributed by atoms with van der Waals surface area (Å²) < 4.78 is 55.1. The van der Waals surface area contributed by atoms with Gasteiger partial charge in [0, 0.05) is 50.0 Å². The number of nitrogens with zero attached hydrogens (tertiary/aromatic N) is 5. The minimum atomic E-state index is -4.43. The zero-order valence-electron chi connectivity index (χ0n) is 20.1. The monoisotopic (exact) mass is 532 g/mol. The Balaban J connectivity index is 1.19. The number of anilines is 2. The van der Waals surface area contributed by atoms with Gasteiger partial charge in [-0.2, -0.15) is 13.2 Å². The van der Waals surface area contributed by atoms with Crippen LogP contribution in [0.1, 0.15) is 32.2 Å². The first-order chi connectivity index (χ1) is 17.6. The molecular formula is C25H24F4N6OS. The van der Waals surface area contributed by atoms with Crippen LogP contribution in [0.3, 0.4) is 0 Å². The molecule has 1 aliphatic rings. The molecule has 12 heteroatoms. The Labute approximate surface area is 214 Å². The number of carbonyl (C=O) groups is 1. The van der Waals surface area contributed by atoms with Crippen LogP contribution in [-0.2, 0) is 12.7 Å². The average Bonchev–Trinajstić information content (AvgIpc) is 3.36. The van der Waals surface area contributed by atoms with Crippen LogP contribution in [0.4, 0.5) is 29.1 Å². The molecule has 4 heterocycles. The minimum absolute atomic E-state index is 0.166. The Morgan fingerprint density at radius 2 is 1.81 bits per heavy atom. The van der Waals surface area contributed by atoms with Gasteiger partial charge in [-0.3, -0.25) is 9.20 Å². The molecule has 0 unspecified atom stereocenters. The Bertz CT molecular complexity index is 1440. The van der Waals surface area contributed by atoms with E-state index in [1.165, 1.54) is 23.5 Å². The van der Waals surface area contributed by atoms with E-state index in [2.05, 4.69) is 15.3 Å². The molecular weight excluding hydrogens is 508 g/mol. The molecule has 0 bridgehead atoms. The largest absolute Gasteiger partial charge is 0.417 e. The van der Waals surface area contributed by atoms with Crippen molar-refractivity contribution in [2.45, 2.75) is 26.6 Å². The molecule has 1 aromatic carbocycles. The fourth-order valence-electron chi connectivity index (χ4n) is 4.44. The summed E-state index contributed by atoms with van der Waals surface area (Å²) >= 11 is 1.51. The molecule has 4 aromatic rings. The van der Waals surface area contributed by atoms with E-state index in [4.69, 9.17) is 0 Å². The number of carbonyl (C=O) groups excluding carboxylic acids is 1. The number of halogens is 4. The molecule has 194 valence electrons. The van der Waals surface area contributed by atoms with Gasteiger partial charge in [0.1, 0.15) is 17.3 Å². The standard InChI is InChI=1S/C25H24F4N6OS/c1-15-14-35-22(16(2)32-24(35)37-15)23(36)31-12-17-3-5-20(19(26)11-17)33-7-9-34(10-8-33)21-6-4-18(13-30-21)25(27,28)29/h3-6,11,13-14H,7-10,12H2,1-2H3,(H,31,36). The summed E-state index contributed by atoms with van der Waals surface area (Å²) in [5.74, 6) is -0.216. The van der Waals surface area contributed by atoms with Gasteiger partial charge in [-0.05, 0) is 43.7 Å². The molecule has 3 aromatic heterocycles. The second kappa shape index (κ2) is 9.66. The maximum Gasteiger partial charge on any atom is 0.417 e. The third-order valence-electron chi connectivity index (χ3n) is 6.32. The van der Waals surface area contributed by atoms with E-state index in [1.807, 2.05) is 22.9 Å². The summed E-state index contributed by atoms with van der Waals surface area (Å²) in [6, 6.07) is 7.25. The van der Waals surface area contributed by atoms with Gasteiger partial charge in [0.05, 0.1) is 16.9 Å². The van der Waals surface area contributed by atoms with Gasteiger partial charge in [0.25, 0.3) is 5.91 Å². The third-order valence-corrected chi connectivity index (χ3v) is 7.21. The van der Waals surface area contributed by atoms with Gasteiger partial charge < -0.3 is 15.1 Å². The summed E-state index contributed by atoms with van der Waals surface area (Å²) in [5, 5.41) is 2.85. The molecule has 7 nitrogen and oxygen atoms in total. The summed E-state index contributed by atoms with van der Waals surface area (Å²) in [6.07, 6.45) is -1.72. The SMILES string of the molecule is Cc1cn2c(C(=O)NCc3ccc(N4CCN(c5ccc(C(F)(F)F)cn5)CC4)c(F)c3)c(C)nc2s1. The van der Waals surface area contributed by atoms with E-state index in [-0.39, 0.29) is 12.5 Å². The first-order valence-corrected chi connectivity index (χ1v) is 12.5. The topological polar surface area (TPSA) is 65.8 Å². The Morgan fingerprint density at radius 1 is 1.08 bits per heavy atom.